The highest BCUT2D eigenvalue weighted by Crippen LogP contribution is 2.21. The molecule has 0 bridgehead atoms. The Kier molecular flexibility index (Phi) is 12.0. The summed E-state index contributed by atoms with van der Waals surface area (Å²) in [7, 11) is -0.819. The van der Waals surface area contributed by atoms with E-state index in [0.717, 1.165) is 10.2 Å². The third-order valence-corrected chi connectivity index (χ3v) is 8.84. The van der Waals surface area contributed by atoms with Crippen molar-refractivity contribution in [2.75, 3.05) is 60.3 Å². The van der Waals surface area contributed by atoms with Crippen LogP contribution in [0.15, 0.2) is 52.4 Å². The molecule has 0 saturated carbocycles. The lowest BCUT2D eigenvalue weighted by Gasteiger charge is -2.21. The maximum Gasteiger partial charge on any atom is 0.338 e. The molecule has 0 saturated heterocycles. The van der Waals surface area contributed by atoms with Gasteiger partial charge in [-0.15, -0.1) is 0 Å². The Labute approximate surface area is 238 Å². The summed E-state index contributed by atoms with van der Waals surface area (Å²) in [6.07, 6.45) is 0. The van der Waals surface area contributed by atoms with Gasteiger partial charge in [-0.25, -0.2) is 13.2 Å². The zero-order valence-corrected chi connectivity index (χ0v) is 24.8. The molecule has 0 fully saturated rings. The van der Waals surface area contributed by atoms with Crippen molar-refractivity contribution in [3.63, 3.8) is 0 Å². The quantitative estimate of drug-likeness (QED) is 0.195. The minimum atomic E-state index is -3.82. The summed E-state index contributed by atoms with van der Waals surface area (Å²) in [5.41, 5.74) is 1.45. The van der Waals surface area contributed by atoms with Crippen LogP contribution in [0.4, 0.5) is 0 Å². The first kappa shape index (κ1) is 31.6. The van der Waals surface area contributed by atoms with Gasteiger partial charge in [0, 0.05) is 46.0 Å². The predicted octanol–water partition coefficient (Wildman–Crippen LogP) is 2.94. The fourth-order valence-corrected chi connectivity index (χ4v) is 6.33. The lowest BCUT2D eigenvalue weighted by molar-refractivity contribution is 0.0526. The van der Waals surface area contributed by atoms with Crippen molar-refractivity contribution in [3.8, 4) is 0 Å². The number of carbonyl (C=O) groups excluding carboxylic acids is 2. The largest absolute Gasteiger partial charge is 0.462 e. The summed E-state index contributed by atoms with van der Waals surface area (Å²) < 4.78 is 50.9. The second-order valence-corrected chi connectivity index (χ2v) is 11.4. The van der Waals surface area contributed by atoms with Crippen molar-refractivity contribution < 1.29 is 37.0 Å². The summed E-state index contributed by atoms with van der Waals surface area (Å²) in [5, 5.41) is 0. The number of thiazole rings is 1. The molecule has 0 aliphatic heterocycles. The number of carbonyl (C=O) groups is 2. The van der Waals surface area contributed by atoms with Crippen LogP contribution < -0.4 is 4.80 Å². The number of nitrogens with zero attached hydrogens (tertiary/aromatic N) is 3. The fourth-order valence-electron chi connectivity index (χ4n) is 3.82. The van der Waals surface area contributed by atoms with E-state index in [-0.39, 0.29) is 43.4 Å². The van der Waals surface area contributed by atoms with Crippen LogP contribution in [0.2, 0.25) is 0 Å². The molecule has 0 radical (unpaired) electrons. The second kappa shape index (κ2) is 15.2. The van der Waals surface area contributed by atoms with E-state index in [1.54, 1.807) is 25.1 Å². The van der Waals surface area contributed by atoms with Crippen molar-refractivity contribution in [2.24, 2.45) is 4.99 Å². The molecule has 0 spiro atoms. The van der Waals surface area contributed by atoms with Gasteiger partial charge in [0.15, 0.2) is 4.80 Å². The lowest BCUT2D eigenvalue weighted by Crippen LogP contribution is -2.36. The van der Waals surface area contributed by atoms with E-state index in [4.69, 9.17) is 18.9 Å². The molecular formula is C27H35N3O8S2. The SMILES string of the molecule is CCOCCn1c(=NC(=O)c2ccc(S(=O)(=O)N(CCOC)CCOC)cc2)sc2cc(C(=O)OCC)ccc21. The molecule has 3 aromatic rings. The minimum absolute atomic E-state index is 0.0522. The highest BCUT2D eigenvalue weighted by Gasteiger charge is 2.24. The van der Waals surface area contributed by atoms with Crippen molar-refractivity contribution in [1.29, 1.82) is 0 Å². The highest BCUT2D eigenvalue weighted by atomic mass is 32.2. The molecule has 40 heavy (non-hydrogen) atoms. The Morgan fingerprint density at radius 1 is 0.925 bits per heavy atom. The summed E-state index contributed by atoms with van der Waals surface area (Å²) in [6, 6.07) is 10.9. The maximum absolute atomic E-state index is 13.2. The first-order chi connectivity index (χ1) is 19.3. The number of amides is 1. The Morgan fingerprint density at radius 2 is 1.57 bits per heavy atom. The maximum atomic E-state index is 13.2. The Bertz CT molecular complexity index is 1460. The van der Waals surface area contributed by atoms with Crippen LogP contribution in [0.3, 0.4) is 0 Å². The molecule has 1 heterocycles. The zero-order chi connectivity index (χ0) is 29.1. The van der Waals surface area contributed by atoms with E-state index in [9.17, 15) is 18.0 Å². The number of fused-ring (bicyclic) bond motifs is 1. The minimum Gasteiger partial charge on any atom is -0.462 e. The van der Waals surface area contributed by atoms with E-state index in [1.807, 2.05) is 11.5 Å². The molecule has 0 unspecified atom stereocenters. The smallest absolute Gasteiger partial charge is 0.338 e. The van der Waals surface area contributed by atoms with Crippen LogP contribution in [-0.2, 0) is 35.5 Å². The number of methoxy groups -OCH3 is 2. The van der Waals surface area contributed by atoms with Gasteiger partial charge in [-0.1, -0.05) is 11.3 Å². The first-order valence-electron chi connectivity index (χ1n) is 12.8. The van der Waals surface area contributed by atoms with Crippen molar-refractivity contribution >= 4 is 43.5 Å². The molecule has 0 atom stereocenters. The van der Waals surface area contributed by atoms with Gasteiger partial charge in [0.25, 0.3) is 5.91 Å². The van der Waals surface area contributed by atoms with Gasteiger partial charge in [0.1, 0.15) is 0 Å². The lowest BCUT2D eigenvalue weighted by atomic mass is 10.2. The van der Waals surface area contributed by atoms with Crippen LogP contribution in [-0.4, -0.2) is 89.5 Å². The predicted molar refractivity (Wildman–Crippen MR) is 151 cm³/mol. The number of hydrogen-bond acceptors (Lipinski definition) is 9. The average molecular weight is 594 g/mol. The zero-order valence-electron chi connectivity index (χ0n) is 23.1. The fraction of sp³-hybridized carbons (Fsp3) is 0.444. The van der Waals surface area contributed by atoms with Gasteiger partial charge in [0.05, 0.1) is 47.1 Å². The standard InChI is InChI=1S/C27H35N3O8S2/c1-5-37-18-15-30-23-12-9-21(26(32)38-6-2)19-24(23)39-27(30)28-25(31)20-7-10-22(11-8-20)40(33,34)29(13-16-35-3)14-17-36-4/h7-12,19H,5-6,13-18H2,1-4H3. The van der Waals surface area contributed by atoms with Gasteiger partial charge in [-0.05, 0) is 56.3 Å². The van der Waals surface area contributed by atoms with Gasteiger partial charge in [0.2, 0.25) is 10.0 Å². The molecule has 0 aliphatic rings. The van der Waals surface area contributed by atoms with Crippen LogP contribution in [0.5, 0.6) is 0 Å². The van der Waals surface area contributed by atoms with Gasteiger partial charge in [-0.3, -0.25) is 4.79 Å². The molecular weight excluding hydrogens is 558 g/mol. The molecule has 11 nitrogen and oxygen atoms in total. The summed E-state index contributed by atoms with van der Waals surface area (Å²) in [5.74, 6) is -0.951. The third kappa shape index (κ3) is 7.83. The average Bonchev–Trinajstić information content (AvgIpc) is 3.29. The molecule has 1 amide bonds. The van der Waals surface area contributed by atoms with E-state index in [1.165, 1.54) is 54.1 Å². The summed E-state index contributed by atoms with van der Waals surface area (Å²) in [6.45, 7) is 6.13. The number of benzene rings is 2. The van der Waals surface area contributed by atoms with Crippen LogP contribution in [0.25, 0.3) is 10.2 Å². The number of sulfonamides is 1. The van der Waals surface area contributed by atoms with Crippen molar-refractivity contribution in [3.05, 3.63) is 58.4 Å². The van der Waals surface area contributed by atoms with E-state index >= 15 is 0 Å². The Hall–Kier alpha value is -2.94. The molecule has 0 N–H and O–H groups in total. The molecule has 1 aromatic heterocycles. The van der Waals surface area contributed by atoms with Gasteiger partial charge < -0.3 is 23.5 Å². The topological polar surface area (TPSA) is 126 Å². The van der Waals surface area contributed by atoms with Crippen LogP contribution in [0, 0.1) is 0 Å². The first-order valence-corrected chi connectivity index (χ1v) is 15.1. The molecule has 0 aliphatic carbocycles. The second-order valence-electron chi connectivity index (χ2n) is 8.47. The highest BCUT2D eigenvalue weighted by molar-refractivity contribution is 7.89. The number of hydrogen-bond donors (Lipinski definition) is 0. The van der Waals surface area contributed by atoms with Gasteiger partial charge >= 0.3 is 5.97 Å². The van der Waals surface area contributed by atoms with E-state index in [0.29, 0.717) is 30.1 Å². The number of esters is 1. The number of ether oxygens (including phenoxy) is 4. The van der Waals surface area contributed by atoms with Crippen molar-refractivity contribution in [1.82, 2.24) is 8.87 Å². The molecule has 13 heteroatoms. The number of aromatic nitrogens is 1. The van der Waals surface area contributed by atoms with E-state index < -0.39 is 21.9 Å². The molecule has 218 valence electrons. The normalized spacial score (nSPS) is 12.4. The Balaban J connectivity index is 1.94. The van der Waals surface area contributed by atoms with Gasteiger partial charge in [-0.2, -0.15) is 9.30 Å². The molecule has 3 rings (SSSR count). The summed E-state index contributed by atoms with van der Waals surface area (Å²) >= 11 is 1.27. The van der Waals surface area contributed by atoms with Crippen LogP contribution >= 0.6 is 11.3 Å². The third-order valence-electron chi connectivity index (χ3n) is 5.88. The van der Waals surface area contributed by atoms with E-state index in [2.05, 4.69) is 4.99 Å². The number of rotatable bonds is 15. The summed E-state index contributed by atoms with van der Waals surface area (Å²) in [4.78, 5) is 30.2. The van der Waals surface area contributed by atoms with Crippen LogP contribution in [0.1, 0.15) is 34.6 Å². The van der Waals surface area contributed by atoms with Crippen molar-refractivity contribution in [2.45, 2.75) is 25.3 Å². The monoisotopic (exact) mass is 593 g/mol. The molecule has 2 aromatic carbocycles. The Morgan fingerprint density at radius 3 is 2.17 bits per heavy atom.